The van der Waals surface area contributed by atoms with E-state index < -0.39 is 10.0 Å². The van der Waals surface area contributed by atoms with Crippen molar-refractivity contribution < 1.29 is 13.2 Å². The molecule has 1 aliphatic heterocycles. The zero-order valence-corrected chi connectivity index (χ0v) is 18.3. The summed E-state index contributed by atoms with van der Waals surface area (Å²) in [6.07, 6.45) is 4.47. The number of benzene rings is 1. The molecule has 0 aliphatic carbocycles. The Morgan fingerprint density at radius 1 is 1.07 bits per heavy atom. The monoisotopic (exact) mass is 404 g/mol. The summed E-state index contributed by atoms with van der Waals surface area (Å²) in [4.78, 5) is 14.9. The normalized spacial score (nSPS) is 16.0. The lowest BCUT2D eigenvalue weighted by atomic mass is 9.96. The number of piperidine rings is 1. The third-order valence-electron chi connectivity index (χ3n) is 5.71. The summed E-state index contributed by atoms with van der Waals surface area (Å²) in [7, 11) is -3.58. The second kappa shape index (κ2) is 9.05. The molecule has 1 amide bonds. The molecular weight excluding hydrogens is 372 g/mol. The second-order valence-electron chi connectivity index (χ2n) is 7.59. The van der Waals surface area contributed by atoms with Crippen LogP contribution in [0.25, 0.3) is 0 Å². The quantitative estimate of drug-likeness (QED) is 0.654. The lowest BCUT2D eigenvalue weighted by molar-refractivity contribution is -0.135. The molecule has 28 heavy (non-hydrogen) atoms. The highest BCUT2D eigenvalue weighted by molar-refractivity contribution is 7.89. The maximum Gasteiger partial charge on any atom is 0.243 e. The van der Waals surface area contributed by atoms with Crippen molar-refractivity contribution in [3.63, 3.8) is 0 Å². The molecule has 1 saturated heterocycles. The Hall–Kier alpha value is -1.92. The van der Waals surface area contributed by atoms with Gasteiger partial charge in [-0.3, -0.25) is 4.79 Å². The highest BCUT2D eigenvalue weighted by Crippen LogP contribution is 2.31. The van der Waals surface area contributed by atoms with Crippen LogP contribution in [0.1, 0.15) is 35.1 Å². The molecule has 0 radical (unpaired) electrons. The highest BCUT2D eigenvalue weighted by Gasteiger charge is 2.35. The summed E-state index contributed by atoms with van der Waals surface area (Å²) in [6.45, 7) is 16.7. The molecule has 1 aromatic carbocycles. The molecule has 0 aromatic heterocycles. The van der Waals surface area contributed by atoms with E-state index in [1.807, 2.05) is 33.8 Å². The third kappa shape index (κ3) is 4.39. The van der Waals surface area contributed by atoms with Crippen LogP contribution in [0.4, 0.5) is 0 Å². The van der Waals surface area contributed by atoms with Crippen LogP contribution in [-0.4, -0.2) is 49.7 Å². The topological polar surface area (TPSA) is 57.7 Å². The zero-order chi connectivity index (χ0) is 21.1. The van der Waals surface area contributed by atoms with E-state index in [0.29, 0.717) is 43.9 Å². The van der Waals surface area contributed by atoms with E-state index in [1.54, 1.807) is 17.1 Å². The maximum atomic E-state index is 13.4. The van der Waals surface area contributed by atoms with Gasteiger partial charge in [-0.15, -0.1) is 13.2 Å². The van der Waals surface area contributed by atoms with Gasteiger partial charge >= 0.3 is 0 Å². The number of carbonyl (C=O) groups excluding carboxylic acids is 1. The number of sulfonamides is 1. The number of rotatable bonds is 7. The average Bonchev–Trinajstić information content (AvgIpc) is 2.66. The van der Waals surface area contributed by atoms with Gasteiger partial charge in [0.25, 0.3) is 0 Å². The number of hydrogen-bond acceptors (Lipinski definition) is 3. The summed E-state index contributed by atoms with van der Waals surface area (Å²) in [5, 5.41) is 0. The largest absolute Gasteiger partial charge is 0.335 e. The third-order valence-corrected chi connectivity index (χ3v) is 7.88. The molecule has 5 nitrogen and oxygen atoms in total. The van der Waals surface area contributed by atoms with Gasteiger partial charge in [-0.2, -0.15) is 4.31 Å². The Labute approximate surface area is 169 Å². The second-order valence-corrected chi connectivity index (χ2v) is 9.46. The number of nitrogens with zero attached hydrogens (tertiary/aromatic N) is 2. The summed E-state index contributed by atoms with van der Waals surface area (Å²) in [5.74, 6) is -0.108. The van der Waals surface area contributed by atoms with Crippen LogP contribution < -0.4 is 0 Å². The summed E-state index contributed by atoms with van der Waals surface area (Å²) >= 11 is 0. The Morgan fingerprint density at radius 2 is 1.54 bits per heavy atom. The van der Waals surface area contributed by atoms with Crippen molar-refractivity contribution in [2.24, 2.45) is 5.92 Å². The van der Waals surface area contributed by atoms with E-state index in [1.165, 1.54) is 4.31 Å². The minimum Gasteiger partial charge on any atom is -0.335 e. The van der Waals surface area contributed by atoms with E-state index in [9.17, 15) is 13.2 Å². The van der Waals surface area contributed by atoms with E-state index in [-0.39, 0.29) is 11.8 Å². The molecule has 1 aliphatic rings. The number of hydrogen-bond donors (Lipinski definition) is 0. The molecule has 0 unspecified atom stereocenters. The molecule has 1 fully saturated rings. The first-order valence-electron chi connectivity index (χ1n) is 9.73. The molecule has 154 valence electrons. The van der Waals surface area contributed by atoms with Gasteiger partial charge in [0.1, 0.15) is 0 Å². The van der Waals surface area contributed by atoms with Crippen LogP contribution in [0.3, 0.4) is 0 Å². The minimum absolute atomic E-state index is 0.0515. The van der Waals surface area contributed by atoms with Crippen molar-refractivity contribution in [1.82, 2.24) is 9.21 Å². The van der Waals surface area contributed by atoms with Gasteiger partial charge < -0.3 is 4.90 Å². The standard InChI is InChI=1S/C22H32N2O3S/c1-7-11-23(12-8-2)22(25)20-9-13-24(14-10-20)28(26,27)21-18(5)16(3)15-17(4)19(21)6/h7-8,15,20H,1-2,9-14H2,3-6H3. The molecule has 1 heterocycles. The first kappa shape index (κ1) is 22.4. The fraction of sp³-hybridized carbons (Fsp3) is 0.500. The van der Waals surface area contributed by atoms with Gasteiger partial charge in [-0.05, 0) is 62.8 Å². The Morgan fingerprint density at radius 3 is 1.96 bits per heavy atom. The van der Waals surface area contributed by atoms with Crippen molar-refractivity contribution in [2.45, 2.75) is 45.4 Å². The van der Waals surface area contributed by atoms with Gasteiger partial charge in [-0.25, -0.2) is 8.42 Å². The van der Waals surface area contributed by atoms with Crippen molar-refractivity contribution in [3.8, 4) is 0 Å². The molecule has 0 bridgehead atoms. The van der Waals surface area contributed by atoms with E-state index in [2.05, 4.69) is 13.2 Å². The maximum absolute atomic E-state index is 13.4. The lowest BCUT2D eigenvalue weighted by Gasteiger charge is -2.34. The van der Waals surface area contributed by atoms with Crippen molar-refractivity contribution in [3.05, 3.63) is 53.6 Å². The van der Waals surface area contributed by atoms with Gasteiger partial charge in [0.05, 0.1) is 4.90 Å². The Bertz CT molecular complexity index is 830. The summed E-state index contributed by atoms with van der Waals surface area (Å²) in [5.41, 5.74) is 3.58. The fourth-order valence-electron chi connectivity index (χ4n) is 3.86. The number of amides is 1. The molecule has 0 N–H and O–H groups in total. The Balaban J connectivity index is 2.20. The van der Waals surface area contributed by atoms with Crippen molar-refractivity contribution in [2.75, 3.05) is 26.2 Å². The molecule has 0 spiro atoms. The lowest BCUT2D eigenvalue weighted by Crippen LogP contribution is -2.44. The predicted octanol–water partition coefficient (Wildman–Crippen LogP) is 3.52. The van der Waals surface area contributed by atoms with Crippen LogP contribution in [0.15, 0.2) is 36.3 Å². The first-order valence-corrected chi connectivity index (χ1v) is 11.2. The van der Waals surface area contributed by atoms with E-state index in [0.717, 1.165) is 22.3 Å². The molecule has 2 rings (SSSR count). The molecule has 1 aromatic rings. The predicted molar refractivity (Wildman–Crippen MR) is 114 cm³/mol. The van der Waals surface area contributed by atoms with E-state index >= 15 is 0 Å². The fourth-order valence-corrected chi connectivity index (χ4v) is 5.91. The summed E-state index contributed by atoms with van der Waals surface area (Å²) in [6, 6.07) is 2.03. The van der Waals surface area contributed by atoms with Crippen LogP contribution in [0.5, 0.6) is 0 Å². The minimum atomic E-state index is -3.58. The van der Waals surface area contributed by atoms with Crippen LogP contribution in [-0.2, 0) is 14.8 Å². The van der Waals surface area contributed by atoms with Crippen molar-refractivity contribution >= 4 is 15.9 Å². The SMILES string of the molecule is C=CCN(CC=C)C(=O)C1CCN(S(=O)(=O)c2c(C)c(C)cc(C)c2C)CC1. The van der Waals surface area contributed by atoms with Gasteiger partial charge in [0, 0.05) is 32.1 Å². The van der Waals surface area contributed by atoms with Crippen LogP contribution >= 0.6 is 0 Å². The molecular formula is C22H32N2O3S. The number of aryl methyl sites for hydroxylation is 2. The van der Waals surface area contributed by atoms with Gasteiger partial charge in [0.2, 0.25) is 15.9 Å². The van der Waals surface area contributed by atoms with Crippen LogP contribution in [0, 0.1) is 33.6 Å². The molecule has 0 saturated carbocycles. The zero-order valence-electron chi connectivity index (χ0n) is 17.5. The van der Waals surface area contributed by atoms with Crippen molar-refractivity contribution in [1.29, 1.82) is 0 Å². The average molecular weight is 405 g/mol. The van der Waals surface area contributed by atoms with E-state index in [4.69, 9.17) is 0 Å². The first-order chi connectivity index (χ1) is 13.1. The van der Waals surface area contributed by atoms with Gasteiger partial charge in [0.15, 0.2) is 0 Å². The molecule has 6 heteroatoms. The number of carbonyl (C=O) groups is 1. The highest BCUT2D eigenvalue weighted by atomic mass is 32.2. The van der Waals surface area contributed by atoms with Gasteiger partial charge in [-0.1, -0.05) is 18.2 Å². The molecule has 0 atom stereocenters. The Kier molecular flexibility index (Phi) is 7.23. The smallest absolute Gasteiger partial charge is 0.243 e. The van der Waals surface area contributed by atoms with Crippen LogP contribution in [0.2, 0.25) is 0 Å². The summed E-state index contributed by atoms with van der Waals surface area (Å²) < 4.78 is 28.2.